The van der Waals surface area contributed by atoms with Crippen molar-refractivity contribution < 1.29 is 9.53 Å². The van der Waals surface area contributed by atoms with Crippen LogP contribution in [0, 0.1) is 5.92 Å². The van der Waals surface area contributed by atoms with E-state index >= 15 is 0 Å². The number of aliphatic imine (C=N–C) groups is 1. The number of carbonyl (C=O) groups is 1. The number of ether oxygens (including phenoxy) is 1. The number of amides is 1. The molecule has 2 saturated heterocycles. The molecule has 1 aromatic heterocycles. The number of piperidine rings is 1. The van der Waals surface area contributed by atoms with Crippen LogP contribution >= 0.6 is 0 Å². The number of piperazine rings is 1. The SMILES string of the molecule is CN=C(NCc1ccnc(OCC2CC2)c1)N1CCN(CC(=O)N2CCCCC2)CC1. The van der Waals surface area contributed by atoms with Gasteiger partial charge in [0.25, 0.3) is 0 Å². The van der Waals surface area contributed by atoms with Crippen molar-refractivity contribution in [3.8, 4) is 5.88 Å². The summed E-state index contributed by atoms with van der Waals surface area (Å²) in [6.45, 7) is 7.37. The molecule has 1 N–H and O–H groups in total. The van der Waals surface area contributed by atoms with E-state index in [4.69, 9.17) is 4.74 Å². The van der Waals surface area contributed by atoms with E-state index in [1.54, 1.807) is 6.20 Å². The van der Waals surface area contributed by atoms with Gasteiger partial charge in [-0.25, -0.2) is 4.98 Å². The van der Waals surface area contributed by atoms with E-state index in [-0.39, 0.29) is 5.91 Å². The topological polar surface area (TPSA) is 73.3 Å². The molecule has 1 aliphatic carbocycles. The number of carbonyl (C=O) groups excluding carboxylic acids is 1. The Balaban J connectivity index is 1.20. The third-order valence-electron chi connectivity index (χ3n) is 6.36. The van der Waals surface area contributed by atoms with Crippen molar-refractivity contribution in [1.29, 1.82) is 0 Å². The quantitative estimate of drug-likeness (QED) is 0.525. The number of likely N-dealkylation sites (tertiary alicyclic amines) is 1. The predicted molar refractivity (Wildman–Crippen MR) is 121 cm³/mol. The van der Waals surface area contributed by atoms with Gasteiger partial charge in [0.2, 0.25) is 11.8 Å². The molecule has 0 atom stereocenters. The minimum absolute atomic E-state index is 0.285. The lowest BCUT2D eigenvalue weighted by atomic mass is 10.1. The van der Waals surface area contributed by atoms with Crippen molar-refractivity contribution in [3.05, 3.63) is 23.9 Å². The van der Waals surface area contributed by atoms with Crippen LogP contribution in [0.1, 0.15) is 37.7 Å². The maximum Gasteiger partial charge on any atom is 0.236 e. The third-order valence-corrected chi connectivity index (χ3v) is 6.36. The first-order valence-corrected chi connectivity index (χ1v) is 11.7. The number of nitrogens with one attached hydrogen (secondary N) is 1. The molecule has 2 aliphatic heterocycles. The molecule has 31 heavy (non-hydrogen) atoms. The molecule has 0 spiro atoms. The van der Waals surface area contributed by atoms with Crippen LogP contribution in [0.25, 0.3) is 0 Å². The van der Waals surface area contributed by atoms with Gasteiger partial charge in [0.05, 0.1) is 13.2 Å². The number of pyridine rings is 1. The summed E-state index contributed by atoms with van der Waals surface area (Å²) in [7, 11) is 1.82. The molecular weight excluding hydrogens is 392 g/mol. The lowest BCUT2D eigenvalue weighted by Crippen LogP contribution is -2.54. The predicted octanol–water partition coefficient (Wildman–Crippen LogP) is 1.58. The minimum Gasteiger partial charge on any atom is -0.477 e. The van der Waals surface area contributed by atoms with E-state index < -0.39 is 0 Å². The zero-order valence-electron chi connectivity index (χ0n) is 18.8. The average molecular weight is 429 g/mol. The van der Waals surface area contributed by atoms with Crippen molar-refractivity contribution in [2.45, 2.75) is 38.6 Å². The number of hydrogen-bond donors (Lipinski definition) is 1. The van der Waals surface area contributed by atoms with E-state index in [1.165, 1.54) is 19.3 Å². The van der Waals surface area contributed by atoms with Gasteiger partial charge in [0.1, 0.15) is 0 Å². The Bertz CT molecular complexity index is 752. The molecule has 0 radical (unpaired) electrons. The molecule has 0 bridgehead atoms. The van der Waals surface area contributed by atoms with Crippen LogP contribution in [0.3, 0.4) is 0 Å². The van der Waals surface area contributed by atoms with Crippen molar-refractivity contribution in [2.24, 2.45) is 10.9 Å². The summed E-state index contributed by atoms with van der Waals surface area (Å²) >= 11 is 0. The van der Waals surface area contributed by atoms with E-state index in [1.807, 2.05) is 24.1 Å². The summed E-state index contributed by atoms with van der Waals surface area (Å²) in [6, 6.07) is 4.02. The Labute approximate surface area is 185 Å². The zero-order valence-corrected chi connectivity index (χ0v) is 18.8. The molecule has 3 heterocycles. The molecule has 170 valence electrons. The zero-order chi connectivity index (χ0) is 21.5. The normalized spacial score (nSPS) is 20.6. The fourth-order valence-electron chi connectivity index (χ4n) is 4.19. The van der Waals surface area contributed by atoms with Gasteiger partial charge in [-0.3, -0.25) is 14.7 Å². The Morgan fingerprint density at radius 1 is 1.13 bits per heavy atom. The first-order valence-electron chi connectivity index (χ1n) is 11.7. The van der Waals surface area contributed by atoms with Crippen LogP contribution in [0.2, 0.25) is 0 Å². The van der Waals surface area contributed by atoms with Crippen LogP contribution in [-0.4, -0.2) is 91.0 Å². The lowest BCUT2D eigenvalue weighted by molar-refractivity contribution is -0.133. The monoisotopic (exact) mass is 428 g/mol. The molecule has 4 rings (SSSR count). The van der Waals surface area contributed by atoms with Crippen LogP contribution < -0.4 is 10.1 Å². The van der Waals surface area contributed by atoms with Crippen LogP contribution in [0.4, 0.5) is 0 Å². The Hall–Kier alpha value is -2.35. The second kappa shape index (κ2) is 10.8. The highest BCUT2D eigenvalue weighted by Gasteiger charge is 2.24. The summed E-state index contributed by atoms with van der Waals surface area (Å²) < 4.78 is 5.79. The third kappa shape index (κ3) is 6.56. The molecule has 0 aromatic carbocycles. The largest absolute Gasteiger partial charge is 0.477 e. The van der Waals surface area contributed by atoms with Gasteiger partial charge in [-0.1, -0.05) is 0 Å². The molecule has 1 aromatic rings. The van der Waals surface area contributed by atoms with Crippen LogP contribution in [0.15, 0.2) is 23.3 Å². The maximum absolute atomic E-state index is 12.5. The highest BCUT2D eigenvalue weighted by molar-refractivity contribution is 5.80. The number of aromatic nitrogens is 1. The second-order valence-corrected chi connectivity index (χ2v) is 8.86. The smallest absolute Gasteiger partial charge is 0.236 e. The fourth-order valence-corrected chi connectivity index (χ4v) is 4.19. The number of rotatable bonds is 7. The Morgan fingerprint density at radius 3 is 2.61 bits per heavy atom. The number of guanidine groups is 1. The minimum atomic E-state index is 0.285. The standard InChI is InChI=1S/C23H36N6O2/c1-24-23(26-16-20-7-8-25-21(15-20)31-18-19-5-6-19)29-13-11-27(12-14-29)17-22(30)28-9-3-2-4-10-28/h7-8,15,19H,2-6,9-14,16-18H2,1H3,(H,24,26). The van der Waals surface area contributed by atoms with E-state index in [2.05, 4.69) is 25.1 Å². The van der Waals surface area contributed by atoms with Gasteiger partial charge in [-0.05, 0) is 49.7 Å². The van der Waals surface area contributed by atoms with Crippen molar-refractivity contribution in [3.63, 3.8) is 0 Å². The maximum atomic E-state index is 12.5. The summed E-state index contributed by atoms with van der Waals surface area (Å²) in [5.74, 6) is 2.61. The summed E-state index contributed by atoms with van der Waals surface area (Å²) in [6.07, 6.45) is 7.90. The van der Waals surface area contributed by atoms with E-state index in [9.17, 15) is 4.79 Å². The molecule has 8 heteroatoms. The molecule has 8 nitrogen and oxygen atoms in total. The summed E-state index contributed by atoms with van der Waals surface area (Å²) in [5.41, 5.74) is 1.13. The van der Waals surface area contributed by atoms with E-state index in [0.29, 0.717) is 19.0 Å². The second-order valence-electron chi connectivity index (χ2n) is 8.86. The molecule has 3 fully saturated rings. The average Bonchev–Trinajstić information content (AvgIpc) is 3.65. The molecular formula is C23H36N6O2. The van der Waals surface area contributed by atoms with Gasteiger partial charge in [0.15, 0.2) is 5.96 Å². The number of nitrogens with zero attached hydrogens (tertiary/aromatic N) is 5. The van der Waals surface area contributed by atoms with Crippen molar-refractivity contribution >= 4 is 11.9 Å². The Morgan fingerprint density at radius 2 is 1.90 bits per heavy atom. The van der Waals surface area contributed by atoms with Gasteiger partial charge in [0, 0.05) is 65.1 Å². The van der Waals surface area contributed by atoms with Gasteiger partial charge in [-0.15, -0.1) is 0 Å². The molecule has 1 saturated carbocycles. The molecule has 3 aliphatic rings. The number of hydrogen-bond acceptors (Lipinski definition) is 5. The van der Waals surface area contributed by atoms with E-state index in [0.717, 1.165) is 76.2 Å². The fraction of sp³-hybridized carbons (Fsp3) is 0.696. The van der Waals surface area contributed by atoms with Gasteiger partial charge >= 0.3 is 0 Å². The van der Waals surface area contributed by atoms with Crippen LogP contribution in [0.5, 0.6) is 5.88 Å². The highest BCUT2D eigenvalue weighted by atomic mass is 16.5. The first kappa shape index (κ1) is 21.9. The van der Waals surface area contributed by atoms with Crippen LogP contribution in [-0.2, 0) is 11.3 Å². The van der Waals surface area contributed by atoms with Gasteiger partial charge < -0.3 is 19.9 Å². The summed E-state index contributed by atoms with van der Waals surface area (Å²) in [5, 5.41) is 3.47. The first-order chi connectivity index (χ1) is 15.2. The van der Waals surface area contributed by atoms with Crippen molar-refractivity contribution in [1.82, 2.24) is 25.0 Å². The highest BCUT2D eigenvalue weighted by Crippen LogP contribution is 2.29. The summed E-state index contributed by atoms with van der Waals surface area (Å²) in [4.78, 5) is 27.9. The van der Waals surface area contributed by atoms with Crippen molar-refractivity contribution in [2.75, 3.05) is 59.5 Å². The molecule has 1 amide bonds. The Kier molecular flexibility index (Phi) is 7.61. The lowest BCUT2D eigenvalue weighted by Gasteiger charge is -2.37. The van der Waals surface area contributed by atoms with Gasteiger partial charge in [-0.2, -0.15) is 0 Å². The molecule has 0 unspecified atom stereocenters.